The Kier molecular flexibility index (Phi) is 21.9. The second kappa shape index (κ2) is 24.3. The van der Waals surface area contributed by atoms with Crippen molar-refractivity contribution in [2.75, 3.05) is 0 Å². The molecule has 0 saturated heterocycles. The second-order valence-corrected chi connectivity index (χ2v) is 11.1. The average molecular weight is 587 g/mol. The monoisotopic (exact) mass is 586 g/mol. The van der Waals surface area contributed by atoms with E-state index < -0.39 is 24.0 Å². The van der Waals surface area contributed by atoms with E-state index in [1.54, 1.807) is 30.3 Å². The third-order valence-corrected chi connectivity index (χ3v) is 7.54. The molecule has 0 radical (unpaired) electrons. The molecule has 2 aromatic carbocycles. The van der Waals surface area contributed by atoms with Crippen molar-refractivity contribution in [3.8, 4) is 0 Å². The van der Waals surface area contributed by atoms with Crippen molar-refractivity contribution in [3.63, 3.8) is 0 Å². The first-order valence-electron chi connectivity index (χ1n) is 15.9. The van der Waals surface area contributed by atoms with Crippen LogP contribution < -0.4 is 40.0 Å². The van der Waals surface area contributed by atoms with Crippen LogP contribution in [0.25, 0.3) is 0 Å². The summed E-state index contributed by atoms with van der Waals surface area (Å²) in [7, 11) is 0. The zero-order valence-corrected chi connectivity index (χ0v) is 28.1. The van der Waals surface area contributed by atoms with Crippen LogP contribution in [0.5, 0.6) is 0 Å². The predicted octanol–water partition coefficient (Wildman–Crippen LogP) is 4.56. The summed E-state index contributed by atoms with van der Waals surface area (Å²) in [5.74, 6) is -2.02. The molecule has 7 heteroatoms. The maximum atomic E-state index is 13.2. The van der Waals surface area contributed by atoms with Gasteiger partial charge in [0.1, 0.15) is 6.04 Å². The van der Waals surface area contributed by atoms with Crippen molar-refractivity contribution in [1.29, 1.82) is 0 Å². The molecule has 226 valence electrons. The topological polar surface area (TPSA) is 102 Å². The van der Waals surface area contributed by atoms with Gasteiger partial charge in [0.05, 0.1) is 0 Å². The maximum absolute atomic E-state index is 13.2. The van der Waals surface area contributed by atoms with Gasteiger partial charge in [-0.2, -0.15) is 0 Å². The number of hydrogen-bond acceptors (Lipinski definition) is 4. The molecule has 42 heavy (non-hydrogen) atoms. The number of benzene rings is 2. The van der Waals surface area contributed by atoms with Crippen molar-refractivity contribution in [2.24, 2.45) is 4.99 Å². The minimum Gasteiger partial charge on any atom is -0.862 e. The average Bonchev–Trinajstić information content (AvgIpc) is 2.98. The Morgan fingerprint density at radius 3 is 1.67 bits per heavy atom. The third-order valence-electron chi connectivity index (χ3n) is 7.54. The van der Waals surface area contributed by atoms with Crippen molar-refractivity contribution in [3.05, 3.63) is 71.8 Å². The smallest absolute Gasteiger partial charge is 0.862 e. The van der Waals surface area contributed by atoms with Crippen LogP contribution in [0.2, 0.25) is 0 Å². The number of nitrogens with one attached hydrogen (secondary N) is 1. The number of aliphatic carboxylic acids is 1. The zero-order chi connectivity index (χ0) is 29.5. The molecule has 0 aromatic heterocycles. The Morgan fingerprint density at radius 1 is 0.738 bits per heavy atom. The molecule has 0 aliphatic rings. The minimum atomic E-state index is -1.21. The van der Waals surface area contributed by atoms with E-state index in [1.807, 2.05) is 30.3 Å². The van der Waals surface area contributed by atoms with E-state index in [4.69, 9.17) is 0 Å². The molecule has 0 saturated carbocycles. The second-order valence-electron chi connectivity index (χ2n) is 11.1. The first-order valence-corrected chi connectivity index (χ1v) is 15.9. The van der Waals surface area contributed by atoms with Crippen molar-refractivity contribution in [1.82, 2.24) is 5.32 Å². The summed E-state index contributed by atoms with van der Waals surface area (Å²) < 4.78 is 0. The van der Waals surface area contributed by atoms with Gasteiger partial charge in [0, 0.05) is 6.42 Å². The van der Waals surface area contributed by atoms with Gasteiger partial charge in [-0.1, -0.05) is 157 Å². The van der Waals surface area contributed by atoms with E-state index in [0.29, 0.717) is 12.0 Å². The summed E-state index contributed by atoms with van der Waals surface area (Å²) in [6.45, 7) is 2.26. The quantitative estimate of drug-likeness (QED) is 0.0863. The Labute approximate surface area is 276 Å². The Balaban J connectivity index is 0.00000882. The molecule has 2 atom stereocenters. The summed E-state index contributed by atoms with van der Waals surface area (Å²) in [6.07, 6.45) is 19.4. The molecule has 0 bridgehead atoms. The van der Waals surface area contributed by atoms with Gasteiger partial charge in [0.2, 0.25) is 5.91 Å². The number of hydrogen-bond donors (Lipinski definition) is 2. The summed E-state index contributed by atoms with van der Waals surface area (Å²) in [4.78, 5) is 29.3. The summed E-state index contributed by atoms with van der Waals surface area (Å²) in [5.41, 5.74) is 1.33. The maximum Gasteiger partial charge on any atom is 1.00 e. The van der Waals surface area contributed by atoms with Crippen LogP contribution >= 0.6 is 0 Å². The number of aliphatic imine (C=N–C) groups is 1. The molecule has 6 nitrogen and oxygen atoms in total. The molecular formula is C35H51N2NaO4. The van der Waals surface area contributed by atoms with Gasteiger partial charge >= 0.3 is 35.5 Å². The van der Waals surface area contributed by atoms with E-state index in [-0.39, 0.29) is 41.9 Å². The molecule has 0 spiro atoms. The molecule has 0 heterocycles. The van der Waals surface area contributed by atoms with Crippen LogP contribution in [0.1, 0.15) is 127 Å². The molecule has 2 rings (SSSR count). The zero-order valence-electron chi connectivity index (χ0n) is 26.1. The SMILES string of the molecule is CCCCCCCCCCCCCCCCCC([O-])=N[C@@H](Cc1ccccc1)C(=O)N[C@H](C(=O)O)c1ccccc1.[Na+]. The number of nitrogens with zero attached hydrogens (tertiary/aromatic N) is 1. The molecule has 2 N–H and O–H groups in total. The number of rotatable bonds is 23. The van der Waals surface area contributed by atoms with E-state index in [2.05, 4.69) is 17.2 Å². The minimum absolute atomic E-state index is 0. The molecule has 0 aliphatic carbocycles. The van der Waals surface area contributed by atoms with Crippen molar-refractivity contribution < 1.29 is 49.4 Å². The fourth-order valence-electron chi connectivity index (χ4n) is 5.09. The van der Waals surface area contributed by atoms with E-state index in [0.717, 1.165) is 24.8 Å². The fourth-order valence-corrected chi connectivity index (χ4v) is 5.09. The number of carbonyl (C=O) groups is 2. The first kappa shape index (κ1) is 37.9. The Morgan fingerprint density at radius 2 is 1.19 bits per heavy atom. The summed E-state index contributed by atoms with van der Waals surface area (Å²) >= 11 is 0. The van der Waals surface area contributed by atoms with Crippen LogP contribution in [0, 0.1) is 0 Å². The summed E-state index contributed by atoms with van der Waals surface area (Å²) in [6, 6.07) is 15.7. The van der Waals surface area contributed by atoms with Gasteiger partial charge in [-0.3, -0.25) is 9.79 Å². The van der Waals surface area contributed by atoms with Crippen LogP contribution in [-0.2, 0) is 16.0 Å². The molecule has 2 aromatic rings. The number of carboxylic acid groups (broad SMARTS) is 1. The molecule has 0 aliphatic heterocycles. The normalized spacial score (nSPS) is 12.7. The van der Waals surface area contributed by atoms with Crippen molar-refractivity contribution >= 4 is 17.8 Å². The predicted molar refractivity (Wildman–Crippen MR) is 166 cm³/mol. The molecule has 1 amide bonds. The number of carbonyl (C=O) groups excluding carboxylic acids is 1. The van der Waals surface area contributed by atoms with Crippen LogP contribution in [0.4, 0.5) is 0 Å². The molecular weight excluding hydrogens is 535 g/mol. The summed E-state index contributed by atoms with van der Waals surface area (Å²) in [5, 5.41) is 25.0. The molecule has 0 unspecified atom stereocenters. The standard InChI is InChI=1S/C35H52N2O4.Na/c1-2-3-4-5-6-7-8-9-10-11-12-13-14-15-22-27-32(38)36-31(28-29-23-18-16-19-24-29)34(39)37-33(35(40)41)30-25-20-17-21-26-30;/h16-21,23-26,31,33H,2-15,22,27-28H2,1H3,(H,36,38)(H,37,39)(H,40,41);/q;+1/p-1/t31-,33-;/m0./s1. The third kappa shape index (κ3) is 17.1. The first-order chi connectivity index (χ1) is 20.0. The van der Waals surface area contributed by atoms with Gasteiger partial charge in [0.15, 0.2) is 6.04 Å². The van der Waals surface area contributed by atoms with Gasteiger partial charge in [0.25, 0.3) is 0 Å². The Bertz CT molecular complexity index is 1000. The fraction of sp³-hybridized carbons (Fsp3) is 0.571. The van der Waals surface area contributed by atoms with E-state index >= 15 is 0 Å². The Hall–Kier alpha value is -2.15. The number of amides is 1. The van der Waals surface area contributed by atoms with Gasteiger partial charge in [-0.25, -0.2) is 4.79 Å². The van der Waals surface area contributed by atoms with Crippen LogP contribution in [-0.4, -0.2) is 28.9 Å². The largest absolute Gasteiger partial charge is 1.00 e. The van der Waals surface area contributed by atoms with Crippen molar-refractivity contribution in [2.45, 2.75) is 128 Å². The number of carboxylic acids is 1. The van der Waals surface area contributed by atoms with Crippen LogP contribution in [0.15, 0.2) is 65.7 Å². The van der Waals surface area contributed by atoms with Gasteiger partial charge < -0.3 is 15.5 Å². The van der Waals surface area contributed by atoms with Gasteiger partial charge in [-0.15, -0.1) is 0 Å². The van der Waals surface area contributed by atoms with E-state index in [9.17, 15) is 19.8 Å². The number of unbranched alkanes of at least 4 members (excludes halogenated alkanes) is 14. The van der Waals surface area contributed by atoms with Crippen LogP contribution in [0.3, 0.4) is 0 Å². The van der Waals surface area contributed by atoms with Gasteiger partial charge in [-0.05, 0) is 29.9 Å². The van der Waals surface area contributed by atoms with E-state index in [1.165, 1.54) is 77.0 Å². The molecule has 0 fully saturated rings.